The number of esters is 1. The lowest BCUT2D eigenvalue weighted by Crippen LogP contribution is -2.21. The van der Waals surface area contributed by atoms with Crippen molar-refractivity contribution in [2.45, 2.75) is 6.61 Å². The molecule has 8 nitrogen and oxygen atoms in total. The van der Waals surface area contributed by atoms with Gasteiger partial charge in [0.2, 0.25) is 0 Å². The fraction of sp³-hybridized carbons (Fsp3) is 0.200. The van der Waals surface area contributed by atoms with Crippen molar-refractivity contribution >= 4 is 29.2 Å². The van der Waals surface area contributed by atoms with E-state index in [4.69, 9.17) is 35.3 Å². The van der Waals surface area contributed by atoms with Crippen LogP contribution in [0.3, 0.4) is 0 Å². The van der Waals surface area contributed by atoms with Gasteiger partial charge in [-0.25, -0.2) is 4.79 Å². The minimum absolute atomic E-state index is 0.217. The molecule has 3 aromatic carbocycles. The van der Waals surface area contributed by atoms with Crippen LogP contribution in [0.4, 0.5) is 5.69 Å². The van der Waals surface area contributed by atoms with Crippen molar-refractivity contribution in [2.75, 3.05) is 33.3 Å². The minimum atomic E-state index is -0.676. The molecule has 1 amide bonds. The Bertz CT molecular complexity index is 1150. The third-order valence-electron chi connectivity index (χ3n) is 4.71. The van der Waals surface area contributed by atoms with Crippen LogP contribution in [-0.2, 0) is 16.1 Å². The van der Waals surface area contributed by atoms with Crippen LogP contribution in [-0.4, -0.2) is 39.8 Å². The summed E-state index contributed by atoms with van der Waals surface area (Å²) < 4.78 is 26.6. The molecule has 178 valence electrons. The standard InChI is InChI=1S/C25H24ClNO7/c1-30-20-11-9-19(13-23(20)32-3)27-24(28)15-34-25(29)17-6-10-21(22(12-17)31-2)33-14-16-4-7-18(26)8-5-16/h4-13H,14-15H2,1-3H3,(H,27,28). The summed E-state index contributed by atoms with van der Waals surface area (Å²) in [5.41, 5.74) is 1.62. The normalized spacial score (nSPS) is 10.2. The predicted molar refractivity (Wildman–Crippen MR) is 127 cm³/mol. The second-order valence-corrected chi connectivity index (χ2v) is 7.41. The lowest BCUT2D eigenvalue weighted by atomic mass is 10.2. The third-order valence-corrected chi connectivity index (χ3v) is 4.96. The number of carbonyl (C=O) groups is 2. The van der Waals surface area contributed by atoms with E-state index in [2.05, 4.69) is 5.32 Å². The van der Waals surface area contributed by atoms with E-state index >= 15 is 0 Å². The zero-order chi connectivity index (χ0) is 24.5. The molecule has 3 rings (SSSR count). The first-order chi connectivity index (χ1) is 16.4. The summed E-state index contributed by atoms with van der Waals surface area (Å²) in [6.45, 7) is -0.169. The number of carbonyl (C=O) groups excluding carboxylic acids is 2. The maximum absolute atomic E-state index is 12.4. The average molecular weight is 486 g/mol. The van der Waals surface area contributed by atoms with Gasteiger partial charge in [-0.1, -0.05) is 23.7 Å². The fourth-order valence-corrected chi connectivity index (χ4v) is 3.11. The smallest absolute Gasteiger partial charge is 0.338 e. The highest BCUT2D eigenvalue weighted by atomic mass is 35.5. The van der Waals surface area contributed by atoms with Crippen LogP contribution in [0.1, 0.15) is 15.9 Å². The van der Waals surface area contributed by atoms with Crippen molar-refractivity contribution in [1.82, 2.24) is 0 Å². The average Bonchev–Trinajstić information content (AvgIpc) is 2.86. The third kappa shape index (κ3) is 6.55. The molecule has 34 heavy (non-hydrogen) atoms. The van der Waals surface area contributed by atoms with Crippen molar-refractivity contribution in [1.29, 1.82) is 0 Å². The number of hydrogen-bond donors (Lipinski definition) is 1. The first-order valence-corrected chi connectivity index (χ1v) is 10.6. The Morgan fingerprint density at radius 2 is 1.44 bits per heavy atom. The molecule has 9 heteroatoms. The summed E-state index contributed by atoms with van der Waals surface area (Å²) >= 11 is 5.89. The van der Waals surface area contributed by atoms with Crippen molar-refractivity contribution in [2.24, 2.45) is 0 Å². The van der Waals surface area contributed by atoms with Crippen LogP contribution in [0.25, 0.3) is 0 Å². The molecule has 0 spiro atoms. The molecule has 0 radical (unpaired) electrons. The molecule has 3 aromatic rings. The number of ether oxygens (including phenoxy) is 5. The molecule has 0 fully saturated rings. The van der Waals surface area contributed by atoms with Gasteiger partial charge >= 0.3 is 5.97 Å². The summed E-state index contributed by atoms with van der Waals surface area (Å²) in [5, 5.41) is 3.28. The zero-order valence-corrected chi connectivity index (χ0v) is 19.7. The summed E-state index contributed by atoms with van der Waals surface area (Å²) in [6.07, 6.45) is 0. The molecule has 1 N–H and O–H groups in total. The van der Waals surface area contributed by atoms with Gasteiger partial charge in [0.15, 0.2) is 29.6 Å². The van der Waals surface area contributed by atoms with Crippen molar-refractivity contribution in [3.8, 4) is 23.0 Å². The quantitative estimate of drug-likeness (QED) is 0.414. The maximum atomic E-state index is 12.4. The van der Waals surface area contributed by atoms with Crippen LogP contribution in [0.5, 0.6) is 23.0 Å². The zero-order valence-electron chi connectivity index (χ0n) is 18.9. The van der Waals surface area contributed by atoms with E-state index in [0.29, 0.717) is 40.3 Å². The highest BCUT2D eigenvalue weighted by Crippen LogP contribution is 2.30. The molecule has 0 atom stereocenters. The molecule has 0 saturated carbocycles. The summed E-state index contributed by atoms with van der Waals surface area (Å²) in [7, 11) is 4.48. The molecule has 0 aliphatic carbocycles. The molecular weight excluding hydrogens is 462 g/mol. The topological polar surface area (TPSA) is 92.3 Å². The number of rotatable bonds is 10. The van der Waals surface area contributed by atoms with E-state index in [1.807, 2.05) is 12.1 Å². The number of benzene rings is 3. The highest BCUT2D eigenvalue weighted by Gasteiger charge is 2.15. The molecule has 0 aliphatic rings. The first kappa shape index (κ1) is 24.7. The second-order valence-electron chi connectivity index (χ2n) is 6.97. The Kier molecular flexibility index (Phi) is 8.59. The number of anilines is 1. The lowest BCUT2D eigenvalue weighted by Gasteiger charge is -2.13. The van der Waals surface area contributed by atoms with Crippen LogP contribution in [0.2, 0.25) is 5.02 Å². The van der Waals surface area contributed by atoms with Gasteiger partial charge in [-0.15, -0.1) is 0 Å². The summed E-state index contributed by atoms with van der Waals surface area (Å²) in [4.78, 5) is 24.6. The Morgan fingerprint density at radius 3 is 2.12 bits per heavy atom. The largest absolute Gasteiger partial charge is 0.493 e. The van der Waals surface area contributed by atoms with Gasteiger partial charge in [-0.05, 0) is 48.0 Å². The molecule has 0 aliphatic heterocycles. The molecule has 0 aromatic heterocycles. The number of halogens is 1. The summed E-state index contributed by atoms with van der Waals surface area (Å²) in [6, 6.07) is 16.8. The van der Waals surface area contributed by atoms with Gasteiger partial charge in [-0.3, -0.25) is 4.79 Å². The highest BCUT2D eigenvalue weighted by molar-refractivity contribution is 6.30. The lowest BCUT2D eigenvalue weighted by molar-refractivity contribution is -0.119. The Hall–Kier alpha value is -3.91. The number of methoxy groups -OCH3 is 3. The minimum Gasteiger partial charge on any atom is -0.493 e. The predicted octanol–water partition coefficient (Wildman–Crippen LogP) is 4.74. The number of amides is 1. The van der Waals surface area contributed by atoms with E-state index in [-0.39, 0.29) is 5.56 Å². The van der Waals surface area contributed by atoms with Crippen LogP contribution >= 0.6 is 11.6 Å². The first-order valence-electron chi connectivity index (χ1n) is 10.2. The number of hydrogen-bond acceptors (Lipinski definition) is 7. The van der Waals surface area contributed by atoms with E-state index in [1.165, 1.54) is 33.5 Å². The Balaban J connectivity index is 1.56. The fourth-order valence-electron chi connectivity index (χ4n) is 2.98. The maximum Gasteiger partial charge on any atom is 0.338 e. The van der Waals surface area contributed by atoms with Crippen molar-refractivity contribution in [3.63, 3.8) is 0 Å². The van der Waals surface area contributed by atoms with Gasteiger partial charge in [0.1, 0.15) is 6.61 Å². The van der Waals surface area contributed by atoms with Gasteiger partial charge in [-0.2, -0.15) is 0 Å². The van der Waals surface area contributed by atoms with Gasteiger partial charge in [0, 0.05) is 16.8 Å². The van der Waals surface area contributed by atoms with E-state index in [1.54, 1.807) is 36.4 Å². The Morgan fingerprint density at radius 1 is 0.794 bits per heavy atom. The summed E-state index contributed by atoms with van der Waals surface area (Å²) in [5.74, 6) is 0.628. The second kappa shape index (κ2) is 11.8. The molecule has 0 bridgehead atoms. The van der Waals surface area contributed by atoms with Crippen LogP contribution < -0.4 is 24.3 Å². The molecular formula is C25H24ClNO7. The van der Waals surface area contributed by atoms with Crippen LogP contribution in [0, 0.1) is 0 Å². The van der Waals surface area contributed by atoms with E-state index < -0.39 is 18.5 Å². The van der Waals surface area contributed by atoms with E-state index in [0.717, 1.165) is 5.56 Å². The van der Waals surface area contributed by atoms with Gasteiger partial charge < -0.3 is 29.0 Å². The van der Waals surface area contributed by atoms with Gasteiger partial charge in [0.05, 0.1) is 26.9 Å². The van der Waals surface area contributed by atoms with Crippen molar-refractivity contribution in [3.05, 3.63) is 76.8 Å². The molecule has 0 unspecified atom stereocenters. The Labute approximate surface area is 202 Å². The molecule has 0 saturated heterocycles. The van der Waals surface area contributed by atoms with Crippen molar-refractivity contribution < 1.29 is 33.3 Å². The van der Waals surface area contributed by atoms with Crippen LogP contribution in [0.15, 0.2) is 60.7 Å². The monoisotopic (exact) mass is 485 g/mol. The van der Waals surface area contributed by atoms with E-state index in [9.17, 15) is 9.59 Å². The number of nitrogens with one attached hydrogen (secondary N) is 1. The molecule has 0 heterocycles. The van der Waals surface area contributed by atoms with Gasteiger partial charge in [0.25, 0.3) is 5.91 Å². The SMILES string of the molecule is COc1ccc(NC(=O)COC(=O)c2ccc(OCc3ccc(Cl)cc3)c(OC)c2)cc1OC.